The highest BCUT2D eigenvalue weighted by molar-refractivity contribution is 5.63. The summed E-state index contributed by atoms with van der Waals surface area (Å²) in [7, 11) is 0. The number of anilines is 1. The Labute approximate surface area is 92.1 Å². The summed E-state index contributed by atoms with van der Waals surface area (Å²) in [6, 6.07) is 2.90. The lowest BCUT2D eigenvalue weighted by molar-refractivity contribution is 0.552. The number of nitrogen functional groups attached to an aromatic ring is 1. The first-order valence-corrected chi connectivity index (χ1v) is 4.95. The summed E-state index contributed by atoms with van der Waals surface area (Å²) in [5, 5.41) is 11.6. The largest absolute Gasteiger partial charge is 0.398 e. The van der Waals surface area contributed by atoms with Crippen LogP contribution < -0.4 is 5.73 Å². The second-order valence-electron chi connectivity index (χ2n) is 3.49. The van der Waals surface area contributed by atoms with Gasteiger partial charge in [0, 0.05) is 5.69 Å². The van der Waals surface area contributed by atoms with E-state index in [1.165, 1.54) is 16.9 Å². The molecule has 6 heteroatoms. The molecular weight excluding hydrogens is 209 g/mol. The van der Waals surface area contributed by atoms with Gasteiger partial charge in [0.15, 0.2) is 0 Å². The van der Waals surface area contributed by atoms with Gasteiger partial charge in [0.25, 0.3) is 0 Å². The summed E-state index contributed by atoms with van der Waals surface area (Å²) in [6.45, 7) is 4.22. The van der Waals surface area contributed by atoms with Crippen LogP contribution in [0, 0.1) is 12.7 Å². The highest BCUT2D eigenvalue weighted by atomic mass is 19.1. The topological polar surface area (TPSA) is 69.6 Å². The quantitative estimate of drug-likeness (QED) is 0.778. The first-order chi connectivity index (χ1) is 7.61. The fraction of sp³-hybridized carbons (Fsp3) is 0.300. The zero-order valence-corrected chi connectivity index (χ0v) is 9.11. The SMILES string of the molecule is CCn1nnc(-c2cc(N)c(C)cc2F)n1. The number of aromatic nitrogens is 4. The van der Waals surface area contributed by atoms with E-state index in [-0.39, 0.29) is 17.2 Å². The summed E-state index contributed by atoms with van der Waals surface area (Å²) < 4.78 is 13.7. The molecule has 5 nitrogen and oxygen atoms in total. The Hall–Kier alpha value is -1.98. The summed E-state index contributed by atoms with van der Waals surface area (Å²) in [5.74, 6) is -0.131. The number of hydrogen-bond acceptors (Lipinski definition) is 4. The van der Waals surface area contributed by atoms with Crippen molar-refractivity contribution in [1.29, 1.82) is 0 Å². The van der Waals surface area contributed by atoms with Crippen LogP contribution in [0.15, 0.2) is 12.1 Å². The maximum atomic E-state index is 13.7. The van der Waals surface area contributed by atoms with Crippen molar-refractivity contribution >= 4 is 5.69 Å². The predicted octanol–water partition coefficient (Wildman–Crippen LogP) is 1.39. The summed E-state index contributed by atoms with van der Waals surface area (Å²) >= 11 is 0. The zero-order chi connectivity index (χ0) is 11.7. The molecule has 0 spiro atoms. The molecule has 0 aliphatic rings. The van der Waals surface area contributed by atoms with E-state index in [1.54, 1.807) is 6.92 Å². The standard InChI is InChI=1S/C10H12FN5/c1-3-16-14-10(13-15-16)7-5-9(12)6(2)4-8(7)11/h4-5H,3,12H2,1-2H3. The average Bonchev–Trinajstić information content (AvgIpc) is 2.71. The molecule has 0 fully saturated rings. The molecule has 2 N–H and O–H groups in total. The number of hydrogen-bond donors (Lipinski definition) is 1. The fourth-order valence-electron chi connectivity index (χ4n) is 1.35. The smallest absolute Gasteiger partial charge is 0.207 e. The van der Waals surface area contributed by atoms with Gasteiger partial charge >= 0.3 is 0 Å². The Kier molecular flexibility index (Phi) is 2.55. The fourth-order valence-corrected chi connectivity index (χ4v) is 1.35. The van der Waals surface area contributed by atoms with Gasteiger partial charge in [0.05, 0.1) is 12.1 Å². The molecule has 16 heavy (non-hydrogen) atoms. The number of tetrazole rings is 1. The number of nitrogens with zero attached hydrogens (tertiary/aromatic N) is 4. The molecule has 0 saturated heterocycles. The number of halogens is 1. The van der Waals surface area contributed by atoms with Gasteiger partial charge in [0.1, 0.15) is 5.82 Å². The Morgan fingerprint density at radius 3 is 2.81 bits per heavy atom. The molecule has 84 valence electrons. The third kappa shape index (κ3) is 1.73. The minimum absolute atomic E-state index is 0.256. The van der Waals surface area contributed by atoms with Gasteiger partial charge in [-0.3, -0.25) is 0 Å². The number of benzene rings is 1. The first-order valence-electron chi connectivity index (χ1n) is 4.95. The number of rotatable bonds is 2. The zero-order valence-electron chi connectivity index (χ0n) is 9.11. The van der Waals surface area contributed by atoms with Gasteiger partial charge in [-0.15, -0.1) is 10.2 Å². The lowest BCUT2D eigenvalue weighted by Gasteiger charge is -2.03. The van der Waals surface area contributed by atoms with Crippen molar-refractivity contribution in [3.05, 3.63) is 23.5 Å². The van der Waals surface area contributed by atoms with Crippen LogP contribution >= 0.6 is 0 Å². The third-order valence-electron chi connectivity index (χ3n) is 2.33. The van der Waals surface area contributed by atoms with Crippen LogP contribution in [0.2, 0.25) is 0 Å². The summed E-state index contributed by atoms with van der Waals surface area (Å²) in [5.41, 5.74) is 7.21. The van der Waals surface area contributed by atoms with Crippen LogP contribution in [0.5, 0.6) is 0 Å². The molecule has 0 aliphatic heterocycles. The average molecular weight is 221 g/mol. The van der Waals surface area contributed by atoms with E-state index in [4.69, 9.17) is 5.73 Å². The van der Waals surface area contributed by atoms with Crippen molar-refractivity contribution in [2.24, 2.45) is 0 Å². The second-order valence-corrected chi connectivity index (χ2v) is 3.49. The van der Waals surface area contributed by atoms with Gasteiger partial charge < -0.3 is 5.73 Å². The Balaban J connectivity index is 2.51. The van der Waals surface area contributed by atoms with Gasteiger partial charge in [-0.1, -0.05) is 0 Å². The minimum atomic E-state index is -0.387. The Morgan fingerprint density at radius 2 is 2.19 bits per heavy atom. The lowest BCUT2D eigenvalue weighted by Crippen LogP contribution is -1.99. The van der Waals surface area contributed by atoms with Crippen molar-refractivity contribution in [3.63, 3.8) is 0 Å². The van der Waals surface area contributed by atoms with Gasteiger partial charge in [-0.05, 0) is 36.8 Å². The van der Waals surface area contributed by atoms with Crippen molar-refractivity contribution in [2.75, 3.05) is 5.73 Å². The molecule has 1 aromatic heterocycles. The molecular formula is C10H12FN5. The molecule has 0 unspecified atom stereocenters. The van der Waals surface area contributed by atoms with Gasteiger partial charge in [-0.2, -0.15) is 4.80 Å². The minimum Gasteiger partial charge on any atom is -0.398 e. The van der Waals surface area contributed by atoms with E-state index in [0.29, 0.717) is 17.8 Å². The molecule has 1 heterocycles. The molecule has 0 atom stereocenters. The van der Waals surface area contributed by atoms with Crippen LogP contribution in [0.1, 0.15) is 12.5 Å². The highest BCUT2D eigenvalue weighted by Crippen LogP contribution is 2.23. The molecule has 0 aliphatic carbocycles. The maximum Gasteiger partial charge on any atom is 0.207 e. The van der Waals surface area contributed by atoms with Gasteiger partial charge in [0.2, 0.25) is 5.82 Å². The van der Waals surface area contributed by atoms with Crippen LogP contribution in [-0.4, -0.2) is 20.2 Å². The lowest BCUT2D eigenvalue weighted by atomic mass is 10.1. The number of aryl methyl sites for hydroxylation is 2. The first kappa shape index (κ1) is 10.5. The Morgan fingerprint density at radius 1 is 1.44 bits per heavy atom. The normalized spacial score (nSPS) is 10.7. The van der Waals surface area contributed by atoms with E-state index in [0.717, 1.165) is 0 Å². The molecule has 2 aromatic rings. The molecule has 0 saturated carbocycles. The van der Waals surface area contributed by atoms with E-state index in [2.05, 4.69) is 15.4 Å². The summed E-state index contributed by atoms with van der Waals surface area (Å²) in [4.78, 5) is 1.39. The molecule has 0 bridgehead atoms. The van der Waals surface area contributed by atoms with Crippen molar-refractivity contribution in [1.82, 2.24) is 20.2 Å². The van der Waals surface area contributed by atoms with Crippen LogP contribution in [0.4, 0.5) is 10.1 Å². The van der Waals surface area contributed by atoms with Crippen LogP contribution in [0.25, 0.3) is 11.4 Å². The van der Waals surface area contributed by atoms with E-state index in [1.807, 2.05) is 6.92 Å². The third-order valence-corrected chi connectivity index (χ3v) is 2.33. The van der Waals surface area contributed by atoms with Crippen molar-refractivity contribution < 1.29 is 4.39 Å². The molecule has 1 aromatic carbocycles. The second kappa shape index (κ2) is 3.88. The van der Waals surface area contributed by atoms with Crippen molar-refractivity contribution in [2.45, 2.75) is 20.4 Å². The van der Waals surface area contributed by atoms with E-state index in [9.17, 15) is 4.39 Å². The van der Waals surface area contributed by atoms with Crippen LogP contribution in [0.3, 0.4) is 0 Å². The monoisotopic (exact) mass is 221 g/mol. The molecule has 0 amide bonds. The van der Waals surface area contributed by atoms with Crippen LogP contribution in [-0.2, 0) is 6.54 Å². The van der Waals surface area contributed by atoms with Crippen molar-refractivity contribution in [3.8, 4) is 11.4 Å². The van der Waals surface area contributed by atoms with E-state index >= 15 is 0 Å². The van der Waals surface area contributed by atoms with Gasteiger partial charge in [-0.25, -0.2) is 4.39 Å². The van der Waals surface area contributed by atoms with E-state index < -0.39 is 0 Å². The maximum absolute atomic E-state index is 13.7. The Bertz CT molecular complexity index is 520. The molecule has 0 radical (unpaired) electrons. The summed E-state index contributed by atoms with van der Waals surface area (Å²) in [6.07, 6.45) is 0. The highest BCUT2D eigenvalue weighted by Gasteiger charge is 2.12. The molecule has 2 rings (SSSR count). The number of nitrogens with two attached hydrogens (primary N) is 1. The predicted molar refractivity (Wildman–Crippen MR) is 58.0 cm³/mol.